The van der Waals surface area contributed by atoms with Crippen molar-refractivity contribution in [1.29, 1.82) is 0 Å². The van der Waals surface area contributed by atoms with Crippen LogP contribution >= 0.6 is 11.8 Å². The van der Waals surface area contributed by atoms with E-state index in [0.29, 0.717) is 25.4 Å². The molecular formula is C21H22N4O2S. The van der Waals surface area contributed by atoms with E-state index in [2.05, 4.69) is 10.3 Å². The summed E-state index contributed by atoms with van der Waals surface area (Å²) in [6, 6.07) is 18.0. The molecular weight excluding hydrogens is 372 g/mol. The van der Waals surface area contributed by atoms with Crippen molar-refractivity contribution in [2.24, 2.45) is 0 Å². The third kappa shape index (κ3) is 4.04. The number of hydrogen-bond acceptors (Lipinski definition) is 5. The van der Waals surface area contributed by atoms with E-state index in [1.54, 1.807) is 16.4 Å². The largest absolute Gasteiger partial charge is 0.494 e. The summed E-state index contributed by atoms with van der Waals surface area (Å²) < 4.78 is 7.50. The minimum atomic E-state index is -0.108. The Balaban J connectivity index is 1.51. The summed E-state index contributed by atoms with van der Waals surface area (Å²) in [4.78, 5) is 14.3. The third-order valence-electron chi connectivity index (χ3n) is 4.58. The Hall–Kier alpha value is -2.80. The lowest BCUT2D eigenvalue weighted by Gasteiger charge is -2.22. The predicted molar refractivity (Wildman–Crippen MR) is 109 cm³/mol. The molecule has 2 heterocycles. The van der Waals surface area contributed by atoms with Gasteiger partial charge in [-0.25, -0.2) is 4.68 Å². The second-order valence-corrected chi connectivity index (χ2v) is 7.62. The Kier molecular flexibility index (Phi) is 5.62. The number of ether oxygens (including phenoxy) is 1. The van der Waals surface area contributed by atoms with E-state index >= 15 is 0 Å². The number of carbonyl (C=O) groups excluding carboxylic acids is 1. The van der Waals surface area contributed by atoms with E-state index in [-0.39, 0.29) is 11.3 Å². The Bertz CT molecular complexity index is 944. The molecule has 0 spiro atoms. The van der Waals surface area contributed by atoms with E-state index in [0.717, 1.165) is 22.6 Å². The molecule has 0 saturated carbocycles. The molecule has 0 radical (unpaired) electrons. The van der Waals surface area contributed by atoms with Crippen molar-refractivity contribution in [2.75, 3.05) is 12.4 Å². The van der Waals surface area contributed by atoms with Crippen LogP contribution in [0.3, 0.4) is 0 Å². The molecule has 4 rings (SSSR count). The van der Waals surface area contributed by atoms with Crippen LogP contribution in [0.15, 0.2) is 60.8 Å². The number of aromatic nitrogens is 3. The normalized spacial score (nSPS) is 16.5. The first-order valence-electron chi connectivity index (χ1n) is 9.30. The maximum Gasteiger partial charge on any atom is 0.234 e. The van der Waals surface area contributed by atoms with Crippen molar-refractivity contribution in [2.45, 2.75) is 25.4 Å². The number of hydrogen-bond donors (Lipinski definition) is 0. The fourth-order valence-corrected chi connectivity index (χ4v) is 4.38. The molecule has 0 N–H and O–H groups in total. The lowest BCUT2D eigenvalue weighted by atomic mass is 10.2. The molecule has 7 heteroatoms. The summed E-state index contributed by atoms with van der Waals surface area (Å²) >= 11 is 1.60. The van der Waals surface area contributed by atoms with Gasteiger partial charge in [0, 0.05) is 12.1 Å². The molecule has 6 nitrogen and oxygen atoms in total. The molecule has 3 aromatic rings. The van der Waals surface area contributed by atoms with E-state index in [4.69, 9.17) is 4.74 Å². The second kappa shape index (κ2) is 8.48. The molecule has 28 heavy (non-hydrogen) atoms. The first-order chi connectivity index (χ1) is 13.7. The average Bonchev–Trinajstić information content (AvgIpc) is 3.31. The highest BCUT2D eigenvalue weighted by molar-refractivity contribution is 8.00. The van der Waals surface area contributed by atoms with E-state index in [1.165, 1.54) is 0 Å². The highest BCUT2D eigenvalue weighted by Crippen LogP contribution is 2.38. The summed E-state index contributed by atoms with van der Waals surface area (Å²) in [5.74, 6) is 1.46. The van der Waals surface area contributed by atoms with Crippen molar-refractivity contribution in [3.8, 4) is 5.75 Å². The number of benzene rings is 2. The maximum atomic E-state index is 12.4. The summed E-state index contributed by atoms with van der Waals surface area (Å²) in [5.41, 5.74) is 2.97. The molecule has 1 fully saturated rings. The second-order valence-electron chi connectivity index (χ2n) is 6.55. The van der Waals surface area contributed by atoms with E-state index in [1.807, 2.05) is 72.6 Å². The average molecular weight is 395 g/mol. The number of nitrogens with zero attached hydrogens (tertiary/aromatic N) is 4. The van der Waals surface area contributed by atoms with E-state index < -0.39 is 0 Å². The number of rotatable bonds is 7. The van der Waals surface area contributed by atoms with Gasteiger partial charge in [-0.1, -0.05) is 53.7 Å². The van der Waals surface area contributed by atoms with Gasteiger partial charge in [-0.05, 0) is 18.6 Å². The highest BCUT2D eigenvalue weighted by atomic mass is 32.2. The Morgan fingerprint density at radius 3 is 2.71 bits per heavy atom. The van der Waals surface area contributed by atoms with Crippen LogP contribution < -0.4 is 4.74 Å². The van der Waals surface area contributed by atoms with Gasteiger partial charge in [-0.3, -0.25) is 4.79 Å². The van der Waals surface area contributed by atoms with Crippen molar-refractivity contribution in [3.63, 3.8) is 0 Å². The number of carbonyl (C=O) groups is 1. The molecule has 1 aromatic heterocycles. The van der Waals surface area contributed by atoms with Crippen LogP contribution in [0, 0.1) is 0 Å². The van der Waals surface area contributed by atoms with Crippen LogP contribution in [-0.4, -0.2) is 38.2 Å². The zero-order valence-electron chi connectivity index (χ0n) is 15.7. The van der Waals surface area contributed by atoms with E-state index in [9.17, 15) is 4.79 Å². The lowest BCUT2D eigenvalue weighted by Crippen LogP contribution is -2.27. The predicted octanol–water partition coefficient (Wildman–Crippen LogP) is 3.50. The summed E-state index contributed by atoms with van der Waals surface area (Å²) in [6.07, 6.45) is 1.93. The number of para-hydroxylation sites is 1. The first kappa shape index (κ1) is 18.6. The SMILES string of the molecule is CCOc1ccccc1Cn1cc([C@@H]2SCC(=O)N2Cc2ccccc2)nn1. The fraction of sp³-hybridized carbons (Fsp3) is 0.286. The molecule has 1 amide bonds. The molecule has 1 saturated heterocycles. The van der Waals surface area contributed by atoms with Gasteiger partial charge < -0.3 is 9.64 Å². The molecule has 1 aliphatic rings. The van der Waals surface area contributed by atoms with Gasteiger partial charge in [0.2, 0.25) is 5.91 Å². The first-order valence-corrected chi connectivity index (χ1v) is 10.3. The van der Waals surface area contributed by atoms with Crippen LogP contribution in [0.1, 0.15) is 29.1 Å². The minimum absolute atomic E-state index is 0.108. The van der Waals surface area contributed by atoms with Gasteiger partial charge in [0.05, 0.1) is 25.1 Å². The molecule has 1 atom stereocenters. The number of thioether (sulfide) groups is 1. The minimum Gasteiger partial charge on any atom is -0.494 e. The van der Waals surface area contributed by atoms with Crippen molar-refractivity contribution < 1.29 is 9.53 Å². The molecule has 1 aliphatic heterocycles. The van der Waals surface area contributed by atoms with Gasteiger partial charge in [0.25, 0.3) is 0 Å². The fourth-order valence-electron chi connectivity index (χ4n) is 3.26. The van der Waals surface area contributed by atoms with Crippen LogP contribution in [-0.2, 0) is 17.9 Å². The van der Waals surface area contributed by atoms with Gasteiger partial charge >= 0.3 is 0 Å². The van der Waals surface area contributed by atoms with Crippen molar-refractivity contribution in [3.05, 3.63) is 77.6 Å². The zero-order chi connectivity index (χ0) is 19.3. The molecule has 2 aromatic carbocycles. The zero-order valence-corrected chi connectivity index (χ0v) is 16.5. The lowest BCUT2D eigenvalue weighted by molar-refractivity contribution is -0.128. The van der Waals surface area contributed by atoms with Crippen LogP contribution in [0.2, 0.25) is 0 Å². The molecule has 0 bridgehead atoms. The van der Waals surface area contributed by atoms with Gasteiger partial charge in [0.15, 0.2) is 0 Å². The summed E-state index contributed by atoms with van der Waals surface area (Å²) in [5, 5.41) is 8.53. The Labute approximate surface area is 168 Å². The summed E-state index contributed by atoms with van der Waals surface area (Å²) in [7, 11) is 0. The molecule has 0 aliphatic carbocycles. The van der Waals surface area contributed by atoms with Crippen LogP contribution in [0.5, 0.6) is 5.75 Å². The van der Waals surface area contributed by atoms with Gasteiger partial charge in [-0.2, -0.15) is 0 Å². The monoisotopic (exact) mass is 394 g/mol. The quantitative estimate of drug-likeness (QED) is 0.614. The summed E-state index contributed by atoms with van der Waals surface area (Å²) in [6.45, 7) is 3.75. The Morgan fingerprint density at radius 1 is 1.11 bits per heavy atom. The topological polar surface area (TPSA) is 60.2 Å². The van der Waals surface area contributed by atoms with Crippen molar-refractivity contribution in [1.82, 2.24) is 19.9 Å². The van der Waals surface area contributed by atoms with Crippen LogP contribution in [0.25, 0.3) is 0 Å². The third-order valence-corrected chi connectivity index (χ3v) is 5.80. The molecule has 144 valence electrons. The Morgan fingerprint density at radius 2 is 1.89 bits per heavy atom. The number of amides is 1. The van der Waals surface area contributed by atoms with Crippen molar-refractivity contribution >= 4 is 17.7 Å². The van der Waals surface area contributed by atoms with Gasteiger partial charge in [0.1, 0.15) is 16.8 Å². The maximum absolute atomic E-state index is 12.4. The standard InChI is InChI=1S/C21H22N4O2S/c1-2-27-19-11-7-6-10-17(19)13-24-14-18(22-23-24)21-25(20(26)15-28-21)12-16-8-4-3-5-9-16/h3-11,14,21H,2,12-13,15H2,1H3/t21-/m0/s1. The highest BCUT2D eigenvalue weighted by Gasteiger charge is 2.34. The van der Waals surface area contributed by atoms with Gasteiger partial charge in [-0.15, -0.1) is 16.9 Å². The smallest absolute Gasteiger partial charge is 0.234 e. The van der Waals surface area contributed by atoms with Crippen LogP contribution in [0.4, 0.5) is 0 Å². The molecule has 0 unspecified atom stereocenters.